The summed E-state index contributed by atoms with van der Waals surface area (Å²) in [6.07, 6.45) is 0. The molecule has 0 spiro atoms. The van der Waals surface area contributed by atoms with E-state index in [0.29, 0.717) is 0 Å². The molecule has 3 N–H and O–H groups in total. The Morgan fingerprint density at radius 2 is 1.56 bits per heavy atom. The first kappa shape index (κ1) is 13.4. The molecule has 0 aliphatic carbocycles. The molecule has 5 heteroatoms. The number of benzene rings is 1. The van der Waals surface area contributed by atoms with Gasteiger partial charge in [0.15, 0.2) is 5.85 Å². The molecule has 0 aliphatic heterocycles. The SMILES string of the molecule is CC(C)(C)c1ccc(C(O)P(=O)(O)O)cc1. The highest BCUT2D eigenvalue weighted by molar-refractivity contribution is 7.51. The molecule has 1 aromatic rings. The minimum Gasteiger partial charge on any atom is -0.376 e. The van der Waals surface area contributed by atoms with Crippen molar-refractivity contribution in [2.45, 2.75) is 32.0 Å². The van der Waals surface area contributed by atoms with E-state index < -0.39 is 13.4 Å². The molecule has 0 saturated carbocycles. The second-order valence-corrected chi connectivity index (χ2v) is 6.50. The molecule has 0 saturated heterocycles. The first-order valence-corrected chi connectivity index (χ1v) is 6.64. The van der Waals surface area contributed by atoms with E-state index in [2.05, 4.69) is 0 Å². The van der Waals surface area contributed by atoms with E-state index >= 15 is 0 Å². The van der Waals surface area contributed by atoms with Crippen LogP contribution < -0.4 is 0 Å². The van der Waals surface area contributed by atoms with E-state index in [1.54, 1.807) is 24.3 Å². The number of hydrogen-bond acceptors (Lipinski definition) is 2. The molecule has 0 aliphatic rings. The maximum absolute atomic E-state index is 10.9. The van der Waals surface area contributed by atoms with Gasteiger partial charge in [-0.25, -0.2) is 0 Å². The van der Waals surface area contributed by atoms with E-state index in [-0.39, 0.29) is 11.0 Å². The van der Waals surface area contributed by atoms with E-state index in [9.17, 15) is 9.67 Å². The lowest BCUT2D eigenvalue weighted by Gasteiger charge is -2.20. The molecule has 0 fully saturated rings. The van der Waals surface area contributed by atoms with Crippen molar-refractivity contribution in [3.63, 3.8) is 0 Å². The smallest absolute Gasteiger partial charge is 0.358 e. The Morgan fingerprint density at radius 1 is 1.12 bits per heavy atom. The maximum atomic E-state index is 10.9. The maximum Gasteiger partial charge on any atom is 0.358 e. The fraction of sp³-hybridized carbons (Fsp3) is 0.455. The summed E-state index contributed by atoms with van der Waals surface area (Å²) < 4.78 is 10.9. The quantitative estimate of drug-likeness (QED) is 0.696. The van der Waals surface area contributed by atoms with Crippen LogP contribution >= 0.6 is 7.60 Å². The van der Waals surface area contributed by atoms with Crippen LogP contribution in [0.2, 0.25) is 0 Å². The second kappa shape index (κ2) is 4.30. The van der Waals surface area contributed by atoms with Gasteiger partial charge in [0.1, 0.15) is 0 Å². The van der Waals surface area contributed by atoms with Crippen LogP contribution in [0.4, 0.5) is 0 Å². The summed E-state index contributed by atoms with van der Waals surface area (Å²) >= 11 is 0. The summed E-state index contributed by atoms with van der Waals surface area (Å²) in [5.41, 5.74) is 1.27. The standard InChI is InChI=1S/C11H17O4P/c1-11(2,3)9-6-4-8(5-7-9)10(12)16(13,14)15/h4-7,10,12H,1-3H3,(H2,13,14,15). The van der Waals surface area contributed by atoms with Gasteiger partial charge in [-0.3, -0.25) is 4.57 Å². The van der Waals surface area contributed by atoms with Gasteiger partial charge in [-0.1, -0.05) is 45.0 Å². The van der Waals surface area contributed by atoms with E-state index in [0.717, 1.165) is 5.56 Å². The van der Waals surface area contributed by atoms with Crippen LogP contribution in [0.25, 0.3) is 0 Å². The van der Waals surface area contributed by atoms with E-state index in [1.807, 2.05) is 20.8 Å². The van der Waals surface area contributed by atoms with Crippen molar-refractivity contribution in [2.75, 3.05) is 0 Å². The summed E-state index contributed by atoms with van der Waals surface area (Å²) in [4.78, 5) is 17.7. The normalized spacial score (nSPS) is 14.9. The van der Waals surface area contributed by atoms with E-state index in [4.69, 9.17) is 9.79 Å². The number of aliphatic hydroxyl groups excluding tert-OH is 1. The Balaban J connectivity index is 3.01. The topological polar surface area (TPSA) is 77.8 Å². The molecule has 16 heavy (non-hydrogen) atoms. The Morgan fingerprint density at radius 3 is 1.88 bits per heavy atom. The van der Waals surface area contributed by atoms with Crippen LogP contribution in [0.1, 0.15) is 37.7 Å². The van der Waals surface area contributed by atoms with Crippen molar-refractivity contribution in [1.29, 1.82) is 0 Å². The van der Waals surface area contributed by atoms with Crippen LogP contribution in [0.5, 0.6) is 0 Å². The molecule has 90 valence electrons. The Labute approximate surface area is 95.1 Å². The minimum atomic E-state index is -4.48. The largest absolute Gasteiger partial charge is 0.376 e. The molecule has 0 heterocycles. The summed E-state index contributed by atoms with van der Waals surface area (Å²) in [7, 11) is -4.48. The predicted molar refractivity (Wildman–Crippen MR) is 62.1 cm³/mol. The highest BCUT2D eigenvalue weighted by Crippen LogP contribution is 2.49. The third-order valence-electron chi connectivity index (χ3n) is 2.39. The predicted octanol–water partition coefficient (Wildman–Crippen LogP) is 2.15. The van der Waals surface area contributed by atoms with Gasteiger partial charge in [-0.2, -0.15) is 0 Å². The van der Waals surface area contributed by atoms with Crippen LogP contribution in [0, 0.1) is 0 Å². The lowest BCUT2D eigenvalue weighted by atomic mass is 9.87. The summed E-state index contributed by atoms with van der Waals surface area (Å²) in [5, 5.41) is 9.39. The van der Waals surface area contributed by atoms with Gasteiger partial charge in [0.2, 0.25) is 0 Å². The molecule has 0 radical (unpaired) electrons. The van der Waals surface area contributed by atoms with Crippen LogP contribution in [-0.4, -0.2) is 14.9 Å². The zero-order valence-electron chi connectivity index (χ0n) is 9.58. The van der Waals surface area contributed by atoms with Gasteiger partial charge in [-0.05, 0) is 16.5 Å². The molecule has 0 bridgehead atoms. The van der Waals surface area contributed by atoms with Crippen LogP contribution in [-0.2, 0) is 9.98 Å². The van der Waals surface area contributed by atoms with Gasteiger partial charge >= 0.3 is 7.60 Å². The highest BCUT2D eigenvalue weighted by Gasteiger charge is 2.28. The Bertz CT molecular complexity index is 399. The Kier molecular flexibility index (Phi) is 3.60. The van der Waals surface area contributed by atoms with Crippen molar-refractivity contribution in [3.05, 3.63) is 35.4 Å². The zero-order chi connectivity index (χ0) is 12.6. The molecular weight excluding hydrogens is 227 g/mol. The number of hydrogen-bond donors (Lipinski definition) is 3. The van der Waals surface area contributed by atoms with E-state index in [1.165, 1.54) is 0 Å². The van der Waals surface area contributed by atoms with Gasteiger partial charge in [-0.15, -0.1) is 0 Å². The van der Waals surface area contributed by atoms with Crippen molar-refractivity contribution in [1.82, 2.24) is 0 Å². The molecular formula is C11H17O4P. The summed E-state index contributed by atoms with van der Waals surface area (Å²) in [5.74, 6) is -1.73. The number of aliphatic hydroxyl groups is 1. The van der Waals surface area contributed by atoms with Crippen molar-refractivity contribution in [3.8, 4) is 0 Å². The number of rotatable bonds is 2. The first-order valence-electron chi connectivity index (χ1n) is 4.96. The first-order chi connectivity index (χ1) is 7.12. The lowest BCUT2D eigenvalue weighted by molar-refractivity contribution is 0.205. The molecule has 1 atom stereocenters. The van der Waals surface area contributed by atoms with Crippen molar-refractivity contribution >= 4 is 7.60 Å². The van der Waals surface area contributed by atoms with Gasteiger partial charge in [0.05, 0.1) is 0 Å². The lowest BCUT2D eigenvalue weighted by Crippen LogP contribution is -2.11. The fourth-order valence-corrected chi connectivity index (χ4v) is 1.91. The molecule has 1 aromatic carbocycles. The third kappa shape index (κ3) is 3.16. The average molecular weight is 244 g/mol. The van der Waals surface area contributed by atoms with Crippen molar-refractivity contribution < 1.29 is 19.5 Å². The summed E-state index contributed by atoms with van der Waals surface area (Å²) in [6.45, 7) is 6.13. The van der Waals surface area contributed by atoms with Crippen LogP contribution in [0.15, 0.2) is 24.3 Å². The zero-order valence-corrected chi connectivity index (χ0v) is 10.5. The van der Waals surface area contributed by atoms with Crippen molar-refractivity contribution in [2.24, 2.45) is 0 Å². The van der Waals surface area contributed by atoms with Gasteiger partial charge in [0, 0.05) is 0 Å². The van der Waals surface area contributed by atoms with Gasteiger partial charge in [0.25, 0.3) is 0 Å². The fourth-order valence-electron chi connectivity index (χ4n) is 1.35. The molecule has 0 amide bonds. The van der Waals surface area contributed by atoms with Gasteiger partial charge < -0.3 is 14.9 Å². The summed E-state index contributed by atoms with van der Waals surface area (Å²) in [6, 6.07) is 6.64. The Hall–Kier alpha value is -0.670. The molecule has 0 aromatic heterocycles. The molecule has 4 nitrogen and oxygen atoms in total. The molecule has 1 unspecified atom stereocenters. The second-order valence-electron chi connectivity index (χ2n) is 4.83. The highest BCUT2D eigenvalue weighted by atomic mass is 31.2. The molecule has 1 rings (SSSR count). The van der Waals surface area contributed by atoms with Crippen LogP contribution in [0.3, 0.4) is 0 Å². The minimum absolute atomic E-state index is 0.0222. The monoisotopic (exact) mass is 244 g/mol. The third-order valence-corrected chi connectivity index (χ3v) is 3.33. The average Bonchev–Trinajstić information content (AvgIpc) is 2.14.